The summed E-state index contributed by atoms with van der Waals surface area (Å²) < 4.78 is 0.862. The Labute approximate surface area is 177 Å². The van der Waals surface area contributed by atoms with Gasteiger partial charge in [0.05, 0.1) is 12.1 Å². The molecule has 8 heteroatoms. The number of carbonyl (C=O) groups excluding carboxylic acids is 3. The second-order valence-electron chi connectivity index (χ2n) is 7.69. The minimum atomic E-state index is -1.09. The normalized spacial score (nSPS) is 23.4. The Hall–Kier alpha value is -2.71. The Morgan fingerprint density at radius 3 is 2.28 bits per heavy atom. The van der Waals surface area contributed by atoms with Crippen LogP contribution >= 0.6 is 15.9 Å². The van der Waals surface area contributed by atoms with Crippen molar-refractivity contribution in [1.29, 1.82) is 10.5 Å². The maximum absolute atomic E-state index is 13.0. The van der Waals surface area contributed by atoms with E-state index in [1.807, 2.05) is 25.1 Å². The number of anilines is 1. The number of nitriles is 2. The Bertz CT molecular complexity index is 904. The van der Waals surface area contributed by atoms with E-state index in [4.69, 9.17) is 0 Å². The number of halogens is 1. The number of hydrogen-bond donors (Lipinski definition) is 1. The molecular weight excluding hydrogens is 436 g/mol. The number of rotatable bonds is 3. The molecule has 29 heavy (non-hydrogen) atoms. The first-order chi connectivity index (χ1) is 13.8. The van der Waals surface area contributed by atoms with Crippen LogP contribution in [0.5, 0.6) is 0 Å². The second kappa shape index (κ2) is 8.34. The molecule has 3 amide bonds. The standard InChI is InChI=1S/C21H21BrN4O3/c1-13-9-14(22)5-6-17(13)25-18(27)12-26-19(28)15(10-23)21(7-3-2-4-8-21)16(11-24)20(26)29/h5-6,9,15-16H,2-4,7-8,12H2,1H3,(H,25,27). The van der Waals surface area contributed by atoms with E-state index in [-0.39, 0.29) is 0 Å². The van der Waals surface area contributed by atoms with Gasteiger partial charge in [0.25, 0.3) is 0 Å². The van der Waals surface area contributed by atoms with E-state index in [0.717, 1.165) is 34.2 Å². The van der Waals surface area contributed by atoms with E-state index in [0.29, 0.717) is 18.5 Å². The highest BCUT2D eigenvalue weighted by Gasteiger charge is 2.59. The lowest BCUT2D eigenvalue weighted by molar-refractivity contribution is -0.164. The van der Waals surface area contributed by atoms with Gasteiger partial charge >= 0.3 is 0 Å². The van der Waals surface area contributed by atoms with E-state index in [2.05, 4.69) is 21.2 Å². The summed E-state index contributed by atoms with van der Waals surface area (Å²) in [6.45, 7) is 1.31. The molecule has 1 saturated heterocycles. The lowest BCUT2D eigenvalue weighted by Gasteiger charge is -2.47. The minimum Gasteiger partial charge on any atom is -0.324 e. The second-order valence-corrected chi connectivity index (χ2v) is 8.60. The van der Waals surface area contributed by atoms with Crippen molar-refractivity contribution in [3.05, 3.63) is 28.2 Å². The molecular formula is C21H21BrN4O3. The molecule has 2 fully saturated rings. The van der Waals surface area contributed by atoms with Crippen molar-refractivity contribution in [3.8, 4) is 12.1 Å². The summed E-state index contributed by atoms with van der Waals surface area (Å²) in [6.07, 6.45) is 3.51. The van der Waals surface area contributed by atoms with Gasteiger partial charge < -0.3 is 5.32 Å². The number of amides is 3. The molecule has 1 saturated carbocycles. The number of aryl methyl sites for hydroxylation is 1. The van der Waals surface area contributed by atoms with Crippen LogP contribution in [0.25, 0.3) is 0 Å². The molecule has 150 valence electrons. The molecule has 2 atom stereocenters. The van der Waals surface area contributed by atoms with Gasteiger partial charge in [-0.1, -0.05) is 35.2 Å². The fourth-order valence-corrected chi connectivity index (χ4v) is 4.97. The number of piperidine rings is 1. The average molecular weight is 457 g/mol. The van der Waals surface area contributed by atoms with Gasteiger partial charge in [0.15, 0.2) is 0 Å². The Balaban J connectivity index is 1.83. The fourth-order valence-electron chi connectivity index (χ4n) is 4.49. The van der Waals surface area contributed by atoms with Crippen molar-refractivity contribution in [2.75, 3.05) is 11.9 Å². The molecule has 2 aliphatic rings. The van der Waals surface area contributed by atoms with Gasteiger partial charge in [0.1, 0.15) is 18.4 Å². The number of imide groups is 1. The maximum Gasteiger partial charge on any atom is 0.247 e. The smallest absolute Gasteiger partial charge is 0.247 e. The topological polar surface area (TPSA) is 114 Å². The number of likely N-dealkylation sites (tertiary alicyclic amines) is 1. The van der Waals surface area contributed by atoms with E-state index in [9.17, 15) is 24.9 Å². The van der Waals surface area contributed by atoms with Crippen LogP contribution in [0.2, 0.25) is 0 Å². The van der Waals surface area contributed by atoms with Crippen molar-refractivity contribution < 1.29 is 14.4 Å². The SMILES string of the molecule is Cc1cc(Br)ccc1NC(=O)CN1C(=O)C(C#N)C2(CCCCC2)C(C#N)C1=O. The molecule has 3 rings (SSSR count). The lowest BCUT2D eigenvalue weighted by Crippen LogP contribution is -2.61. The summed E-state index contributed by atoms with van der Waals surface area (Å²) in [5.41, 5.74) is 0.438. The van der Waals surface area contributed by atoms with Crippen LogP contribution in [0.4, 0.5) is 5.69 Å². The molecule has 2 unspecified atom stereocenters. The largest absolute Gasteiger partial charge is 0.324 e. The van der Waals surface area contributed by atoms with Gasteiger partial charge in [0, 0.05) is 15.6 Å². The van der Waals surface area contributed by atoms with Crippen molar-refractivity contribution in [2.45, 2.75) is 39.0 Å². The predicted octanol–water partition coefficient (Wildman–Crippen LogP) is 3.29. The predicted molar refractivity (Wildman–Crippen MR) is 108 cm³/mol. The number of hydrogen-bond acceptors (Lipinski definition) is 5. The molecule has 0 bridgehead atoms. The van der Waals surface area contributed by atoms with Gasteiger partial charge in [-0.15, -0.1) is 0 Å². The van der Waals surface area contributed by atoms with Gasteiger partial charge in [-0.3, -0.25) is 19.3 Å². The number of carbonyl (C=O) groups is 3. The Morgan fingerprint density at radius 2 is 1.76 bits per heavy atom. The molecule has 1 spiro atoms. The highest BCUT2D eigenvalue weighted by atomic mass is 79.9. The summed E-state index contributed by atoms with van der Waals surface area (Å²) >= 11 is 3.35. The summed E-state index contributed by atoms with van der Waals surface area (Å²) in [5.74, 6) is -4.08. The first kappa shape index (κ1) is 21.0. The monoisotopic (exact) mass is 456 g/mol. The van der Waals surface area contributed by atoms with Crippen LogP contribution in [0.15, 0.2) is 22.7 Å². The molecule has 7 nitrogen and oxygen atoms in total. The van der Waals surface area contributed by atoms with E-state index >= 15 is 0 Å². The van der Waals surface area contributed by atoms with Gasteiger partial charge in [-0.05, 0) is 43.5 Å². The third-order valence-corrected chi connectivity index (χ3v) is 6.48. The Morgan fingerprint density at radius 1 is 1.17 bits per heavy atom. The average Bonchev–Trinajstić information content (AvgIpc) is 2.69. The van der Waals surface area contributed by atoms with Crippen LogP contribution in [0.1, 0.15) is 37.7 Å². The van der Waals surface area contributed by atoms with Crippen molar-refractivity contribution >= 4 is 39.3 Å². The molecule has 1 aromatic rings. The zero-order valence-electron chi connectivity index (χ0n) is 16.1. The van der Waals surface area contributed by atoms with Crippen molar-refractivity contribution in [1.82, 2.24) is 4.90 Å². The van der Waals surface area contributed by atoms with E-state index in [1.165, 1.54) is 0 Å². The van der Waals surface area contributed by atoms with Gasteiger partial charge in [0.2, 0.25) is 17.7 Å². The fraction of sp³-hybridized carbons (Fsp3) is 0.476. The summed E-state index contributed by atoms with van der Waals surface area (Å²) in [5, 5.41) is 22.1. The first-order valence-corrected chi connectivity index (χ1v) is 10.3. The van der Waals surface area contributed by atoms with E-state index < -0.39 is 41.5 Å². The highest BCUT2D eigenvalue weighted by Crippen LogP contribution is 2.51. The van der Waals surface area contributed by atoms with Crippen molar-refractivity contribution in [3.63, 3.8) is 0 Å². The molecule has 1 N–H and O–H groups in total. The number of benzene rings is 1. The number of nitrogens with zero attached hydrogens (tertiary/aromatic N) is 3. The first-order valence-electron chi connectivity index (χ1n) is 9.54. The zero-order chi connectivity index (χ0) is 21.2. The zero-order valence-corrected chi connectivity index (χ0v) is 17.7. The van der Waals surface area contributed by atoms with Crippen molar-refractivity contribution in [2.24, 2.45) is 17.3 Å². The quantitative estimate of drug-likeness (QED) is 0.700. The lowest BCUT2D eigenvalue weighted by atomic mass is 9.57. The summed E-state index contributed by atoms with van der Waals surface area (Å²) in [7, 11) is 0. The third-order valence-electron chi connectivity index (χ3n) is 5.98. The molecule has 1 aliphatic carbocycles. The highest BCUT2D eigenvalue weighted by molar-refractivity contribution is 9.10. The summed E-state index contributed by atoms with van der Waals surface area (Å²) in [4.78, 5) is 39.3. The molecule has 1 aliphatic heterocycles. The maximum atomic E-state index is 13.0. The molecule has 1 heterocycles. The van der Waals surface area contributed by atoms with Crippen LogP contribution < -0.4 is 5.32 Å². The molecule has 1 aromatic carbocycles. The third kappa shape index (κ3) is 3.77. The Kier molecular flexibility index (Phi) is 6.04. The molecule has 0 radical (unpaired) electrons. The van der Waals surface area contributed by atoms with Gasteiger partial charge in [-0.2, -0.15) is 10.5 Å². The minimum absolute atomic E-state index is 0.499. The molecule has 0 aromatic heterocycles. The number of nitrogens with one attached hydrogen (secondary N) is 1. The summed E-state index contributed by atoms with van der Waals surface area (Å²) in [6, 6.07) is 9.38. The van der Waals surface area contributed by atoms with E-state index in [1.54, 1.807) is 12.1 Å². The van der Waals surface area contributed by atoms with Gasteiger partial charge in [-0.25, -0.2) is 0 Å². The van der Waals surface area contributed by atoms with Crippen LogP contribution in [-0.4, -0.2) is 29.2 Å². The van der Waals surface area contributed by atoms with Crippen LogP contribution in [0, 0.1) is 46.8 Å². The van der Waals surface area contributed by atoms with Crippen LogP contribution in [-0.2, 0) is 14.4 Å². The van der Waals surface area contributed by atoms with Crippen LogP contribution in [0.3, 0.4) is 0 Å².